The maximum absolute atomic E-state index is 13.4. The summed E-state index contributed by atoms with van der Waals surface area (Å²) in [6, 6.07) is 27.2. The van der Waals surface area contributed by atoms with Crippen LogP contribution in [-0.2, 0) is 20.7 Å². The van der Waals surface area contributed by atoms with Crippen LogP contribution in [0.1, 0.15) is 0 Å². The van der Waals surface area contributed by atoms with Gasteiger partial charge in [-0.1, -0.05) is 18.2 Å². The quantitative estimate of drug-likeness (QED) is 0.363. The molecule has 0 saturated carbocycles. The van der Waals surface area contributed by atoms with Crippen molar-refractivity contribution in [2.75, 3.05) is 0 Å². The molecule has 0 N–H and O–H groups in total. The first-order valence-electron chi connectivity index (χ1n) is 9.11. The second-order valence-electron chi connectivity index (χ2n) is 6.50. The average Bonchev–Trinajstić information content (AvgIpc) is 2.77. The lowest BCUT2D eigenvalue weighted by molar-refractivity contribution is 0.596. The zero-order chi connectivity index (χ0) is 21.1. The normalized spacial score (nSPS) is 11.6. The lowest BCUT2D eigenvalue weighted by atomic mass is 10.3. The van der Waals surface area contributed by atoms with Gasteiger partial charge in [-0.2, -0.15) is 0 Å². The van der Waals surface area contributed by atoms with Crippen molar-refractivity contribution < 1.29 is 17.2 Å². The molecular weight excluding hydrogens is 422 g/mol. The lowest BCUT2D eigenvalue weighted by Crippen LogP contribution is -2.06. The summed E-state index contributed by atoms with van der Waals surface area (Å²) in [6.07, 6.45) is 0. The second-order valence-corrected chi connectivity index (χ2v) is 10.5. The van der Waals surface area contributed by atoms with Crippen LogP contribution < -0.4 is 0 Å². The van der Waals surface area contributed by atoms with E-state index in [1.165, 1.54) is 24.3 Å². The highest BCUT2D eigenvalue weighted by atomic mass is 32.2. The number of hydrogen-bond acceptors (Lipinski definition) is 2. The molecule has 4 aromatic carbocycles. The van der Waals surface area contributed by atoms with Gasteiger partial charge in [-0.05, 0) is 84.9 Å². The highest BCUT2D eigenvalue weighted by Crippen LogP contribution is 2.32. The fourth-order valence-electron chi connectivity index (χ4n) is 3.04. The van der Waals surface area contributed by atoms with Crippen LogP contribution in [-0.4, -0.2) is 8.42 Å². The lowest BCUT2D eigenvalue weighted by Gasteiger charge is -2.09. The summed E-state index contributed by atoms with van der Waals surface area (Å²) in [5.41, 5.74) is 0. The molecule has 0 aliphatic carbocycles. The van der Waals surface area contributed by atoms with Gasteiger partial charge in [-0.25, -0.2) is 17.2 Å². The predicted octanol–water partition coefficient (Wildman–Crippen LogP) is 5.89. The van der Waals surface area contributed by atoms with E-state index >= 15 is 0 Å². The van der Waals surface area contributed by atoms with E-state index in [-0.39, 0.29) is 21.4 Å². The zero-order valence-corrected chi connectivity index (χ0v) is 17.3. The van der Waals surface area contributed by atoms with Crippen molar-refractivity contribution in [2.24, 2.45) is 0 Å². The van der Waals surface area contributed by atoms with Gasteiger partial charge in [0.25, 0.3) is 0 Å². The summed E-state index contributed by atoms with van der Waals surface area (Å²) < 4.78 is 52.6. The first kappa shape index (κ1) is 20.3. The Balaban J connectivity index is 1.76. The molecule has 0 heterocycles. The van der Waals surface area contributed by atoms with Gasteiger partial charge in [-0.15, -0.1) is 0 Å². The van der Waals surface area contributed by atoms with Crippen molar-refractivity contribution in [3.63, 3.8) is 0 Å². The third-order valence-electron chi connectivity index (χ3n) is 4.52. The summed E-state index contributed by atoms with van der Waals surface area (Å²) in [4.78, 5) is 2.97. The van der Waals surface area contributed by atoms with Gasteiger partial charge in [-0.3, -0.25) is 0 Å². The Morgan fingerprint density at radius 3 is 1.30 bits per heavy atom. The van der Waals surface area contributed by atoms with Crippen LogP contribution in [0.15, 0.2) is 128 Å². The molecule has 0 unspecified atom stereocenters. The van der Waals surface area contributed by atoms with Crippen molar-refractivity contribution in [3.8, 4) is 0 Å². The average molecular weight is 440 g/mol. The number of benzene rings is 4. The number of rotatable bonds is 5. The summed E-state index contributed by atoms with van der Waals surface area (Å²) in [6.45, 7) is 0. The molecule has 0 bridgehead atoms. The Hall–Kier alpha value is -2.96. The van der Waals surface area contributed by atoms with E-state index in [0.717, 1.165) is 14.7 Å². The van der Waals surface area contributed by atoms with Gasteiger partial charge in [0.15, 0.2) is 14.7 Å². The standard InChI is InChI=1S/C24H17F2O2S2/c25-18-6-10-20(11-7-18)29(21-12-8-19(26)9-13-21)22-14-16-24(17-15-22)30(27,28)23-4-2-1-3-5-23/h1-17H/q+1. The third-order valence-corrected chi connectivity index (χ3v) is 8.54. The Morgan fingerprint density at radius 2 is 0.867 bits per heavy atom. The molecule has 30 heavy (non-hydrogen) atoms. The van der Waals surface area contributed by atoms with Gasteiger partial charge >= 0.3 is 0 Å². The molecule has 0 amide bonds. The fourth-order valence-corrected chi connectivity index (χ4v) is 6.36. The van der Waals surface area contributed by atoms with Crippen molar-refractivity contribution in [1.29, 1.82) is 0 Å². The van der Waals surface area contributed by atoms with Crippen molar-refractivity contribution in [1.82, 2.24) is 0 Å². The molecule has 0 aliphatic heterocycles. The Bertz CT molecular complexity index is 1190. The summed E-state index contributed by atoms with van der Waals surface area (Å²) in [7, 11) is -4.26. The Labute approximate surface area is 177 Å². The largest absolute Gasteiger partial charge is 0.219 e. The fraction of sp³-hybridized carbons (Fsp3) is 0. The molecule has 0 radical (unpaired) electrons. The minimum Gasteiger partial charge on any atom is -0.219 e. The molecule has 0 saturated heterocycles. The SMILES string of the molecule is O=S(=O)(c1ccccc1)c1ccc([S+](c2ccc(F)cc2)c2ccc(F)cc2)cc1. The van der Waals surface area contributed by atoms with Gasteiger partial charge in [0.2, 0.25) is 9.84 Å². The minimum absolute atomic E-state index is 0.194. The van der Waals surface area contributed by atoms with Crippen LogP contribution in [0.3, 0.4) is 0 Å². The van der Waals surface area contributed by atoms with E-state index in [2.05, 4.69) is 0 Å². The molecule has 4 rings (SSSR count). The molecule has 0 aromatic heterocycles. The molecule has 0 spiro atoms. The van der Waals surface area contributed by atoms with E-state index in [9.17, 15) is 17.2 Å². The van der Waals surface area contributed by atoms with Gasteiger partial charge in [0.05, 0.1) is 20.7 Å². The van der Waals surface area contributed by atoms with E-state index in [4.69, 9.17) is 0 Å². The second kappa shape index (κ2) is 8.42. The predicted molar refractivity (Wildman–Crippen MR) is 113 cm³/mol. The maximum Gasteiger partial charge on any atom is 0.206 e. The maximum atomic E-state index is 13.4. The van der Waals surface area contributed by atoms with Crippen molar-refractivity contribution >= 4 is 20.7 Å². The van der Waals surface area contributed by atoms with Gasteiger partial charge in [0.1, 0.15) is 11.6 Å². The van der Waals surface area contributed by atoms with E-state index in [0.29, 0.717) is 0 Å². The van der Waals surface area contributed by atoms with E-state index in [1.807, 2.05) is 0 Å². The Kier molecular flexibility index (Phi) is 5.70. The number of hydrogen-bond donors (Lipinski definition) is 0. The van der Waals surface area contributed by atoms with Crippen molar-refractivity contribution in [2.45, 2.75) is 24.5 Å². The minimum atomic E-state index is -3.62. The molecule has 6 heteroatoms. The smallest absolute Gasteiger partial charge is 0.206 e. The molecule has 2 nitrogen and oxygen atoms in total. The van der Waals surface area contributed by atoms with Crippen LogP contribution in [0.4, 0.5) is 8.78 Å². The van der Waals surface area contributed by atoms with Crippen LogP contribution in [0.5, 0.6) is 0 Å². The summed E-state index contributed by atoms with van der Waals surface area (Å²) in [5, 5.41) is 0. The summed E-state index contributed by atoms with van der Waals surface area (Å²) in [5.74, 6) is -0.684. The molecular formula is C24H17F2O2S2+. The zero-order valence-electron chi connectivity index (χ0n) is 15.7. The van der Waals surface area contributed by atoms with Gasteiger partial charge < -0.3 is 0 Å². The Morgan fingerprint density at radius 1 is 0.500 bits per heavy atom. The molecule has 150 valence electrons. The highest BCUT2D eigenvalue weighted by Gasteiger charge is 2.29. The third kappa shape index (κ3) is 4.15. The molecule has 0 aliphatic rings. The summed E-state index contributed by atoms with van der Waals surface area (Å²) >= 11 is 0. The van der Waals surface area contributed by atoms with E-state index in [1.54, 1.807) is 78.9 Å². The van der Waals surface area contributed by atoms with E-state index < -0.39 is 20.7 Å². The number of halogens is 2. The first-order chi connectivity index (χ1) is 14.4. The van der Waals surface area contributed by atoms with Crippen LogP contribution in [0.2, 0.25) is 0 Å². The monoisotopic (exact) mass is 439 g/mol. The first-order valence-corrected chi connectivity index (χ1v) is 11.8. The van der Waals surface area contributed by atoms with Crippen molar-refractivity contribution in [3.05, 3.63) is 115 Å². The topological polar surface area (TPSA) is 34.1 Å². The van der Waals surface area contributed by atoms with Crippen LogP contribution in [0, 0.1) is 11.6 Å². The molecule has 0 fully saturated rings. The van der Waals surface area contributed by atoms with Crippen LogP contribution in [0.25, 0.3) is 0 Å². The van der Waals surface area contributed by atoms with Gasteiger partial charge in [0, 0.05) is 0 Å². The van der Waals surface area contributed by atoms with Crippen LogP contribution >= 0.6 is 0 Å². The molecule has 0 atom stereocenters. The highest BCUT2D eigenvalue weighted by molar-refractivity contribution is 7.97. The number of sulfone groups is 1. The molecule has 4 aromatic rings.